The number of fused-ring (bicyclic) bond motifs is 1. The van der Waals surface area contributed by atoms with Crippen LogP contribution in [-0.2, 0) is 11.2 Å². The molecule has 20 heavy (non-hydrogen) atoms. The molecule has 0 aliphatic carbocycles. The number of nitrogens with two attached hydrogens (primary N) is 1. The SMILES string of the molecule is COc1cccc(Sc2cc3c(cc2N)CC(=O)N3)c1. The van der Waals surface area contributed by atoms with Crippen molar-refractivity contribution in [3.63, 3.8) is 0 Å². The number of methoxy groups -OCH3 is 1. The molecule has 0 aromatic heterocycles. The van der Waals surface area contributed by atoms with Gasteiger partial charge in [0.05, 0.1) is 13.5 Å². The zero-order chi connectivity index (χ0) is 14.1. The van der Waals surface area contributed by atoms with E-state index in [1.807, 2.05) is 36.4 Å². The van der Waals surface area contributed by atoms with Gasteiger partial charge in [0, 0.05) is 21.2 Å². The van der Waals surface area contributed by atoms with Crippen LogP contribution in [0.15, 0.2) is 46.2 Å². The van der Waals surface area contributed by atoms with Crippen LogP contribution < -0.4 is 15.8 Å². The van der Waals surface area contributed by atoms with Crippen LogP contribution in [0.1, 0.15) is 5.56 Å². The molecule has 2 aromatic carbocycles. The topological polar surface area (TPSA) is 64.3 Å². The molecule has 0 saturated carbocycles. The molecule has 3 N–H and O–H groups in total. The van der Waals surface area contributed by atoms with Crippen LogP contribution in [-0.4, -0.2) is 13.0 Å². The van der Waals surface area contributed by atoms with E-state index in [1.54, 1.807) is 18.9 Å². The number of benzene rings is 2. The molecule has 1 aliphatic rings. The van der Waals surface area contributed by atoms with Crippen LogP contribution in [0.5, 0.6) is 5.75 Å². The third-order valence-electron chi connectivity index (χ3n) is 3.13. The molecule has 0 spiro atoms. The van der Waals surface area contributed by atoms with E-state index >= 15 is 0 Å². The Morgan fingerprint density at radius 3 is 2.95 bits per heavy atom. The van der Waals surface area contributed by atoms with Gasteiger partial charge in [-0.2, -0.15) is 0 Å². The smallest absolute Gasteiger partial charge is 0.228 e. The fourth-order valence-electron chi connectivity index (χ4n) is 2.15. The zero-order valence-electron chi connectivity index (χ0n) is 11.0. The molecule has 0 fully saturated rings. The maximum absolute atomic E-state index is 11.4. The second-order valence-corrected chi connectivity index (χ2v) is 5.67. The maximum atomic E-state index is 11.4. The molecule has 0 unspecified atom stereocenters. The highest BCUT2D eigenvalue weighted by Crippen LogP contribution is 2.38. The van der Waals surface area contributed by atoms with E-state index in [1.165, 1.54) is 0 Å². The summed E-state index contributed by atoms with van der Waals surface area (Å²) in [4.78, 5) is 13.4. The highest BCUT2D eigenvalue weighted by molar-refractivity contribution is 7.99. The first-order valence-corrected chi connectivity index (χ1v) is 7.01. The Hall–Kier alpha value is -2.14. The van der Waals surface area contributed by atoms with Crippen LogP contribution in [0, 0.1) is 0 Å². The fraction of sp³-hybridized carbons (Fsp3) is 0.133. The Bertz CT molecular complexity index is 686. The largest absolute Gasteiger partial charge is 0.497 e. The van der Waals surface area contributed by atoms with E-state index in [2.05, 4.69) is 5.32 Å². The lowest BCUT2D eigenvalue weighted by Gasteiger charge is -2.09. The number of rotatable bonds is 3. The molecule has 0 radical (unpaired) electrons. The van der Waals surface area contributed by atoms with Gasteiger partial charge < -0.3 is 15.8 Å². The molecule has 2 aromatic rings. The van der Waals surface area contributed by atoms with E-state index in [9.17, 15) is 4.79 Å². The van der Waals surface area contributed by atoms with Crippen LogP contribution in [0.2, 0.25) is 0 Å². The first-order chi connectivity index (χ1) is 9.65. The monoisotopic (exact) mass is 286 g/mol. The average Bonchev–Trinajstić information content (AvgIpc) is 2.78. The molecule has 102 valence electrons. The normalized spacial score (nSPS) is 12.9. The van der Waals surface area contributed by atoms with Gasteiger partial charge in [-0.25, -0.2) is 0 Å². The Kier molecular flexibility index (Phi) is 3.28. The molecular formula is C15H14N2O2S. The summed E-state index contributed by atoms with van der Waals surface area (Å²) in [7, 11) is 1.64. The van der Waals surface area contributed by atoms with Crippen LogP contribution >= 0.6 is 11.8 Å². The van der Waals surface area contributed by atoms with Crippen molar-refractivity contribution in [3.05, 3.63) is 42.0 Å². The number of ether oxygens (including phenoxy) is 1. The van der Waals surface area contributed by atoms with Crippen molar-refractivity contribution in [3.8, 4) is 5.75 Å². The quantitative estimate of drug-likeness (QED) is 0.852. The second kappa shape index (κ2) is 5.09. The van der Waals surface area contributed by atoms with Crippen LogP contribution in [0.25, 0.3) is 0 Å². The van der Waals surface area contributed by atoms with Crippen molar-refractivity contribution in [2.75, 3.05) is 18.2 Å². The predicted molar refractivity (Wildman–Crippen MR) is 80.3 cm³/mol. The zero-order valence-corrected chi connectivity index (χ0v) is 11.8. The standard InChI is InChI=1S/C15H14N2O2S/c1-19-10-3-2-4-11(7-10)20-14-8-13-9(5-12(14)16)6-15(18)17-13/h2-5,7-8H,6,16H2,1H3,(H,17,18). The Morgan fingerprint density at radius 1 is 1.30 bits per heavy atom. The lowest BCUT2D eigenvalue weighted by molar-refractivity contribution is -0.115. The van der Waals surface area contributed by atoms with Gasteiger partial charge in [0.2, 0.25) is 5.91 Å². The Morgan fingerprint density at radius 2 is 2.15 bits per heavy atom. The minimum atomic E-state index is 0.0166. The number of amides is 1. The highest BCUT2D eigenvalue weighted by atomic mass is 32.2. The predicted octanol–water partition coefficient (Wildman–Crippen LogP) is 2.92. The minimum absolute atomic E-state index is 0.0166. The average molecular weight is 286 g/mol. The molecule has 3 rings (SSSR count). The number of hydrogen-bond donors (Lipinski definition) is 2. The van der Waals surface area contributed by atoms with E-state index < -0.39 is 0 Å². The summed E-state index contributed by atoms with van der Waals surface area (Å²) in [6.45, 7) is 0. The maximum Gasteiger partial charge on any atom is 0.228 e. The Balaban J connectivity index is 1.91. The van der Waals surface area contributed by atoms with E-state index in [-0.39, 0.29) is 5.91 Å². The van der Waals surface area contributed by atoms with Crippen molar-refractivity contribution in [1.29, 1.82) is 0 Å². The molecule has 4 nitrogen and oxygen atoms in total. The van der Waals surface area contributed by atoms with Crippen LogP contribution in [0.3, 0.4) is 0 Å². The van der Waals surface area contributed by atoms with Gasteiger partial charge in [0.25, 0.3) is 0 Å². The second-order valence-electron chi connectivity index (χ2n) is 4.55. The Labute approximate surface area is 121 Å². The lowest BCUT2D eigenvalue weighted by atomic mass is 10.1. The summed E-state index contributed by atoms with van der Waals surface area (Å²) in [6, 6.07) is 11.6. The van der Waals surface area contributed by atoms with Crippen molar-refractivity contribution >= 4 is 29.0 Å². The van der Waals surface area contributed by atoms with Gasteiger partial charge in [-0.1, -0.05) is 17.8 Å². The number of nitrogen functional groups attached to an aromatic ring is 1. The fourth-order valence-corrected chi connectivity index (χ4v) is 3.08. The minimum Gasteiger partial charge on any atom is -0.497 e. The lowest BCUT2D eigenvalue weighted by Crippen LogP contribution is -2.03. The molecular weight excluding hydrogens is 272 g/mol. The van der Waals surface area contributed by atoms with Gasteiger partial charge >= 0.3 is 0 Å². The van der Waals surface area contributed by atoms with E-state index in [0.717, 1.165) is 26.8 Å². The third-order valence-corrected chi connectivity index (χ3v) is 4.19. The number of hydrogen-bond acceptors (Lipinski definition) is 4. The summed E-state index contributed by atoms with van der Waals surface area (Å²) in [5.41, 5.74) is 8.57. The van der Waals surface area contributed by atoms with Gasteiger partial charge in [0.1, 0.15) is 5.75 Å². The van der Waals surface area contributed by atoms with E-state index in [4.69, 9.17) is 10.5 Å². The van der Waals surface area contributed by atoms with Crippen molar-refractivity contribution in [2.45, 2.75) is 16.2 Å². The molecule has 0 atom stereocenters. The van der Waals surface area contributed by atoms with Gasteiger partial charge in [0.15, 0.2) is 0 Å². The van der Waals surface area contributed by atoms with Crippen molar-refractivity contribution < 1.29 is 9.53 Å². The first kappa shape index (κ1) is 12.9. The summed E-state index contributed by atoms with van der Waals surface area (Å²) in [5.74, 6) is 0.825. The van der Waals surface area contributed by atoms with Crippen LogP contribution in [0.4, 0.5) is 11.4 Å². The number of nitrogens with one attached hydrogen (secondary N) is 1. The van der Waals surface area contributed by atoms with E-state index in [0.29, 0.717) is 12.1 Å². The third kappa shape index (κ3) is 2.44. The first-order valence-electron chi connectivity index (χ1n) is 6.20. The van der Waals surface area contributed by atoms with Crippen molar-refractivity contribution in [2.24, 2.45) is 0 Å². The summed E-state index contributed by atoms with van der Waals surface area (Å²) in [6.07, 6.45) is 0.406. The number of carbonyl (C=O) groups is 1. The van der Waals surface area contributed by atoms with Gasteiger partial charge in [-0.3, -0.25) is 4.79 Å². The van der Waals surface area contributed by atoms with Crippen molar-refractivity contribution in [1.82, 2.24) is 0 Å². The number of carbonyl (C=O) groups excluding carboxylic acids is 1. The number of anilines is 2. The molecule has 1 amide bonds. The summed E-state index contributed by atoms with van der Waals surface area (Å²) < 4.78 is 5.21. The summed E-state index contributed by atoms with van der Waals surface area (Å²) in [5, 5.41) is 2.84. The molecule has 5 heteroatoms. The highest BCUT2D eigenvalue weighted by Gasteiger charge is 2.19. The molecule has 0 saturated heterocycles. The van der Waals surface area contributed by atoms with Gasteiger partial charge in [-0.05, 0) is 35.9 Å². The van der Waals surface area contributed by atoms with Gasteiger partial charge in [-0.15, -0.1) is 0 Å². The molecule has 1 aliphatic heterocycles. The summed E-state index contributed by atoms with van der Waals surface area (Å²) >= 11 is 1.55. The molecule has 1 heterocycles. The molecule has 0 bridgehead atoms.